The van der Waals surface area contributed by atoms with Crippen molar-refractivity contribution in [3.63, 3.8) is 0 Å². The molecular formula is C21H26N2O4S. The molecule has 0 aliphatic carbocycles. The second kappa shape index (κ2) is 7.83. The molecule has 1 aliphatic heterocycles. The predicted molar refractivity (Wildman–Crippen MR) is 111 cm³/mol. The first-order valence-corrected chi connectivity index (χ1v) is 11.0. The molecule has 0 atom stereocenters. The first kappa shape index (κ1) is 20.2. The zero-order valence-corrected chi connectivity index (χ0v) is 17.3. The lowest BCUT2D eigenvalue weighted by Gasteiger charge is -2.27. The Morgan fingerprint density at radius 2 is 1.86 bits per heavy atom. The molecule has 2 aromatic carbocycles. The minimum absolute atomic E-state index is 0.0198. The zero-order valence-electron chi connectivity index (χ0n) is 16.4. The summed E-state index contributed by atoms with van der Waals surface area (Å²) in [5, 5.41) is 0. The maximum absolute atomic E-state index is 12.8. The van der Waals surface area contributed by atoms with Crippen LogP contribution in [0.4, 0.5) is 11.4 Å². The van der Waals surface area contributed by atoms with Crippen LogP contribution in [-0.2, 0) is 21.2 Å². The number of hydrogen-bond donors (Lipinski definition) is 1. The van der Waals surface area contributed by atoms with Crippen molar-refractivity contribution in [1.82, 2.24) is 0 Å². The van der Waals surface area contributed by atoms with Crippen LogP contribution >= 0.6 is 0 Å². The standard InChI is InChI=1S/C21H26N2O4S/c1-4-23-18-14-17(10-11-19(18)27-15-21(2,3)20(23)24)22-28(25,26)13-12-16-8-6-5-7-9-16/h5-11,14,22H,4,12-13,15H2,1-3H3. The summed E-state index contributed by atoms with van der Waals surface area (Å²) in [6.07, 6.45) is 0.429. The van der Waals surface area contributed by atoms with E-state index in [4.69, 9.17) is 4.74 Å². The van der Waals surface area contributed by atoms with Crippen molar-refractivity contribution in [2.24, 2.45) is 5.41 Å². The summed E-state index contributed by atoms with van der Waals surface area (Å²) in [4.78, 5) is 14.5. The highest BCUT2D eigenvalue weighted by atomic mass is 32.2. The lowest BCUT2D eigenvalue weighted by Crippen LogP contribution is -2.42. The number of anilines is 2. The van der Waals surface area contributed by atoms with Crippen molar-refractivity contribution < 1.29 is 17.9 Å². The van der Waals surface area contributed by atoms with Gasteiger partial charge in [-0.1, -0.05) is 30.3 Å². The van der Waals surface area contributed by atoms with E-state index in [2.05, 4.69) is 4.72 Å². The Bertz CT molecular complexity index is 956. The fourth-order valence-corrected chi connectivity index (χ4v) is 4.24. The number of ether oxygens (including phenoxy) is 1. The molecule has 0 fully saturated rings. The number of benzene rings is 2. The first-order chi connectivity index (χ1) is 13.2. The van der Waals surface area contributed by atoms with Crippen LogP contribution < -0.4 is 14.4 Å². The van der Waals surface area contributed by atoms with Crippen LogP contribution in [0.25, 0.3) is 0 Å². The van der Waals surface area contributed by atoms with E-state index in [1.165, 1.54) is 0 Å². The average Bonchev–Trinajstić information content (AvgIpc) is 2.75. The molecule has 6 nitrogen and oxygen atoms in total. The number of carbonyl (C=O) groups is 1. The van der Waals surface area contributed by atoms with Crippen molar-refractivity contribution in [2.45, 2.75) is 27.2 Å². The minimum Gasteiger partial charge on any atom is -0.490 e. The molecule has 0 saturated carbocycles. The second-order valence-electron chi connectivity index (χ2n) is 7.56. The van der Waals surface area contributed by atoms with Crippen LogP contribution in [0.2, 0.25) is 0 Å². The quantitative estimate of drug-likeness (QED) is 0.803. The van der Waals surface area contributed by atoms with Gasteiger partial charge in [0.15, 0.2) is 0 Å². The topological polar surface area (TPSA) is 75.7 Å². The number of nitrogens with zero attached hydrogens (tertiary/aromatic N) is 1. The third-order valence-corrected chi connectivity index (χ3v) is 6.04. The van der Waals surface area contributed by atoms with Crippen LogP contribution in [-0.4, -0.2) is 33.2 Å². The smallest absolute Gasteiger partial charge is 0.236 e. The number of amides is 1. The van der Waals surface area contributed by atoms with Crippen LogP contribution in [0, 0.1) is 5.41 Å². The maximum Gasteiger partial charge on any atom is 0.236 e. The molecule has 150 valence electrons. The zero-order chi connectivity index (χ0) is 20.4. The average molecular weight is 403 g/mol. The number of rotatable bonds is 6. The maximum atomic E-state index is 12.8. The molecular weight excluding hydrogens is 376 g/mol. The summed E-state index contributed by atoms with van der Waals surface area (Å²) in [5.74, 6) is 0.513. The predicted octanol–water partition coefficient (Wildman–Crippen LogP) is 3.44. The monoisotopic (exact) mass is 402 g/mol. The van der Waals surface area contributed by atoms with Crippen LogP contribution in [0.15, 0.2) is 48.5 Å². The molecule has 0 radical (unpaired) electrons. The molecule has 1 amide bonds. The molecule has 7 heteroatoms. The molecule has 1 aliphatic rings. The van der Waals surface area contributed by atoms with E-state index in [9.17, 15) is 13.2 Å². The Labute approximate surface area is 166 Å². The van der Waals surface area contributed by atoms with Gasteiger partial charge >= 0.3 is 0 Å². The van der Waals surface area contributed by atoms with E-state index < -0.39 is 15.4 Å². The fourth-order valence-electron chi connectivity index (χ4n) is 3.15. The molecule has 0 bridgehead atoms. The van der Waals surface area contributed by atoms with Gasteiger partial charge in [0.1, 0.15) is 12.4 Å². The minimum atomic E-state index is -3.52. The molecule has 1 heterocycles. The van der Waals surface area contributed by atoms with E-state index >= 15 is 0 Å². The molecule has 0 unspecified atom stereocenters. The largest absolute Gasteiger partial charge is 0.490 e. The summed E-state index contributed by atoms with van der Waals surface area (Å²) >= 11 is 0. The Kier molecular flexibility index (Phi) is 5.65. The molecule has 3 rings (SSSR count). The Hall–Kier alpha value is -2.54. The highest BCUT2D eigenvalue weighted by Gasteiger charge is 2.37. The third kappa shape index (κ3) is 4.47. The summed E-state index contributed by atoms with van der Waals surface area (Å²) in [6, 6.07) is 14.5. The van der Waals surface area contributed by atoms with E-state index in [1.54, 1.807) is 23.1 Å². The van der Waals surface area contributed by atoms with Crippen LogP contribution in [0.5, 0.6) is 5.75 Å². The van der Waals surface area contributed by atoms with E-state index in [1.807, 2.05) is 51.1 Å². The highest BCUT2D eigenvalue weighted by molar-refractivity contribution is 7.92. The van der Waals surface area contributed by atoms with Gasteiger partial charge in [0.05, 0.1) is 22.5 Å². The van der Waals surface area contributed by atoms with Gasteiger partial charge in [-0.25, -0.2) is 8.42 Å². The van der Waals surface area contributed by atoms with Gasteiger partial charge in [0.25, 0.3) is 0 Å². The van der Waals surface area contributed by atoms with Gasteiger partial charge in [0.2, 0.25) is 15.9 Å². The van der Waals surface area contributed by atoms with Gasteiger partial charge in [-0.3, -0.25) is 9.52 Å². The van der Waals surface area contributed by atoms with Crippen molar-refractivity contribution >= 4 is 27.3 Å². The number of nitrogens with one attached hydrogen (secondary N) is 1. The van der Waals surface area contributed by atoms with E-state index in [-0.39, 0.29) is 18.3 Å². The molecule has 0 spiro atoms. The van der Waals surface area contributed by atoms with Gasteiger partial charge in [-0.05, 0) is 51.0 Å². The van der Waals surface area contributed by atoms with Gasteiger partial charge in [-0.2, -0.15) is 0 Å². The summed E-state index contributed by atoms with van der Waals surface area (Å²) in [7, 11) is -3.52. The third-order valence-electron chi connectivity index (χ3n) is 4.75. The fraction of sp³-hybridized carbons (Fsp3) is 0.381. The van der Waals surface area contributed by atoms with Crippen molar-refractivity contribution in [2.75, 3.05) is 28.5 Å². The second-order valence-corrected chi connectivity index (χ2v) is 9.40. The van der Waals surface area contributed by atoms with E-state index in [0.717, 1.165) is 5.56 Å². The van der Waals surface area contributed by atoms with E-state index in [0.29, 0.717) is 30.1 Å². The Morgan fingerprint density at radius 1 is 1.14 bits per heavy atom. The molecule has 0 aromatic heterocycles. The van der Waals surface area contributed by atoms with Crippen molar-refractivity contribution in [1.29, 1.82) is 0 Å². The highest BCUT2D eigenvalue weighted by Crippen LogP contribution is 2.38. The van der Waals surface area contributed by atoms with Gasteiger partial charge in [0, 0.05) is 6.54 Å². The molecule has 0 saturated heterocycles. The molecule has 28 heavy (non-hydrogen) atoms. The van der Waals surface area contributed by atoms with Crippen LogP contribution in [0.1, 0.15) is 26.3 Å². The van der Waals surface area contributed by atoms with Crippen LogP contribution in [0.3, 0.4) is 0 Å². The lowest BCUT2D eigenvalue weighted by molar-refractivity contribution is -0.127. The van der Waals surface area contributed by atoms with Gasteiger partial charge in [-0.15, -0.1) is 0 Å². The number of hydrogen-bond acceptors (Lipinski definition) is 4. The van der Waals surface area contributed by atoms with Gasteiger partial charge < -0.3 is 9.64 Å². The molecule has 1 N–H and O–H groups in total. The van der Waals surface area contributed by atoms with Crippen molar-refractivity contribution in [3.8, 4) is 5.75 Å². The summed E-state index contributed by atoms with van der Waals surface area (Å²) < 4.78 is 33.4. The number of carbonyl (C=O) groups excluding carboxylic acids is 1. The SMILES string of the molecule is CCN1C(=O)C(C)(C)COc2ccc(NS(=O)(=O)CCc3ccccc3)cc21. The first-order valence-electron chi connectivity index (χ1n) is 9.35. The van der Waals surface area contributed by atoms with Crippen molar-refractivity contribution in [3.05, 3.63) is 54.1 Å². The number of fused-ring (bicyclic) bond motifs is 1. The number of aryl methyl sites for hydroxylation is 1. The summed E-state index contributed by atoms with van der Waals surface area (Å²) in [6.45, 7) is 6.33. The Morgan fingerprint density at radius 3 is 2.54 bits per heavy atom. The Balaban J connectivity index is 1.80. The molecule has 2 aromatic rings. The number of sulfonamides is 1. The normalized spacial score (nSPS) is 16.1. The summed E-state index contributed by atoms with van der Waals surface area (Å²) in [5.41, 5.74) is 1.32. The lowest BCUT2D eigenvalue weighted by atomic mass is 9.93.